The van der Waals surface area contributed by atoms with Crippen LogP contribution in [0.15, 0.2) is 41.3 Å². The monoisotopic (exact) mass is 286 g/mol. The first-order valence-corrected chi connectivity index (χ1v) is 7.22. The number of hydrazone groups is 1. The number of carbonyl (C=O) groups is 1. The van der Waals surface area contributed by atoms with Crippen LogP contribution in [-0.2, 0) is 4.79 Å². The van der Waals surface area contributed by atoms with Gasteiger partial charge in [-0.05, 0) is 18.2 Å². The summed E-state index contributed by atoms with van der Waals surface area (Å²) in [6.45, 7) is 2.01. The molecule has 2 aromatic rings. The molecule has 1 aliphatic rings. The van der Waals surface area contributed by atoms with Crippen LogP contribution in [0.3, 0.4) is 0 Å². The Bertz CT molecular complexity index is 669. The third-order valence-corrected chi connectivity index (χ3v) is 4.02. The molecule has 1 N–H and O–H groups in total. The molecule has 0 saturated carbocycles. The van der Waals surface area contributed by atoms with E-state index >= 15 is 0 Å². The van der Waals surface area contributed by atoms with Gasteiger partial charge in [-0.25, -0.2) is 10.4 Å². The molecule has 0 saturated heterocycles. The van der Waals surface area contributed by atoms with Crippen molar-refractivity contribution in [2.75, 3.05) is 0 Å². The van der Waals surface area contributed by atoms with E-state index < -0.39 is 0 Å². The molecule has 3 rings (SSSR count). The smallest absolute Gasteiger partial charge is 0.240 e. The first kappa shape index (κ1) is 12.8. The number of amides is 1. The van der Waals surface area contributed by atoms with Crippen LogP contribution in [0.1, 0.15) is 18.2 Å². The van der Waals surface area contributed by atoms with Crippen molar-refractivity contribution in [3.63, 3.8) is 0 Å². The van der Waals surface area contributed by atoms with Crippen LogP contribution in [0.5, 0.6) is 0 Å². The second-order valence-corrected chi connectivity index (χ2v) is 5.63. The lowest BCUT2D eigenvalue weighted by Crippen LogP contribution is -2.30. The molecule has 1 aliphatic heterocycles. The Labute approximate surface area is 120 Å². The predicted molar refractivity (Wildman–Crippen MR) is 79.8 cm³/mol. The zero-order valence-electron chi connectivity index (χ0n) is 11.0. The highest BCUT2D eigenvalue weighted by atomic mass is 32.1. The van der Waals surface area contributed by atoms with Gasteiger partial charge in [0.1, 0.15) is 0 Å². The number of carbonyl (C=O) groups excluding carboxylic acids is 1. The Morgan fingerprint density at radius 3 is 3.15 bits per heavy atom. The Balaban J connectivity index is 1.75. The van der Waals surface area contributed by atoms with Crippen molar-refractivity contribution in [2.24, 2.45) is 11.0 Å². The first-order valence-electron chi connectivity index (χ1n) is 6.34. The minimum absolute atomic E-state index is 0.0202. The van der Waals surface area contributed by atoms with E-state index in [4.69, 9.17) is 0 Å². The number of aromatic nitrogens is 2. The fraction of sp³-hybridized carbons (Fsp3) is 0.214. The Morgan fingerprint density at radius 1 is 1.50 bits per heavy atom. The largest absolute Gasteiger partial charge is 0.305 e. The molecule has 5 nitrogen and oxygen atoms in total. The van der Waals surface area contributed by atoms with Gasteiger partial charge in [-0.15, -0.1) is 11.3 Å². The molecule has 0 radical (unpaired) electrons. The summed E-state index contributed by atoms with van der Waals surface area (Å²) < 4.78 is 1.97. The van der Waals surface area contributed by atoms with E-state index in [2.05, 4.69) is 27.0 Å². The average molecular weight is 286 g/mol. The zero-order chi connectivity index (χ0) is 13.9. The summed E-state index contributed by atoms with van der Waals surface area (Å²) in [4.78, 5) is 16.4. The molecule has 0 fully saturated rings. The van der Waals surface area contributed by atoms with E-state index in [0.29, 0.717) is 6.42 Å². The number of hydrogen-bond acceptors (Lipinski definition) is 4. The molecule has 1 atom stereocenters. The highest BCUT2D eigenvalue weighted by Gasteiger charge is 2.17. The van der Waals surface area contributed by atoms with Crippen molar-refractivity contribution < 1.29 is 4.79 Å². The van der Waals surface area contributed by atoms with Gasteiger partial charge in [0, 0.05) is 35.0 Å². The molecule has 0 aliphatic carbocycles. The number of allylic oxidation sites excluding steroid dienone is 1. The maximum absolute atomic E-state index is 11.2. The van der Waals surface area contributed by atoms with Crippen LogP contribution in [0.4, 0.5) is 0 Å². The van der Waals surface area contributed by atoms with Gasteiger partial charge >= 0.3 is 0 Å². The van der Waals surface area contributed by atoms with Gasteiger partial charge in [-0.3, -0.25) is 4.79 Å². The van der Waals surface area contributed by atoms with Crippen molar-refractivity contribution in [3.8, 4) is 5.69 Å². The molecular formula is C14H14N4OS. The Kier molecular flexibility index (Phi) is 3.47. The van der Waals surface area contributed by atoms with Gasteiger partial charge in [0.2, 0.25) is 5.91 Å². The minimum Gasteiger partial charge on any atom is -0.305 e. The summed E-state index contributed by atoms with van der Waals surface area (Å²) in [6, 6.07) is 2.09. The lowest BCUT2D eigenvalue weighted by atomic mass is 10.00. The number of nitrogens with one attached hydrogen (secondary N) is 1. The fourth-order valence-corrected chi connectivity index (χ4v) is 2.79. The summed E-state index contributed by atoms with van der Waals surface area (Å²) in [5.74, 6) is 0.140. The molecular weight excluding hydrogens is 272 g/mol. The SMILES string of the molecule is CC1CC(=O)NN=C1/C=C/c1cc(-n2ccnc2)cs1. The number of nitrogens with zero attached hydrogens (tertiary/aromatic N) is 3. The lowest BCUT2D eigenvalue weighted by molar-refractivity contribution is -0.121. The van der Waals surface area contributed by atoms with Crippen molar-refractivity contribution in [2.45, 2.75) is 13.3 Å². The van der Waals surface area contributed by atoms with E-state index in [1.807, 2.05) is 29.8 Å². The molecule has 0 aromatic carbocycles. The standard InChI is InChI=1S/C14H14N4OS/c1-10-6-14(19)17-16-13(10)3-2-12-7-11(8-20-12)18-5-4-15-9-18/h2-5,7-10H,6H2,1H3,(H,17,19)/b3-2+. The van der Waals surface area contributed by atoms with E-state index in [1.54, 1.807) is 23.9 Å². The van der Waals surface area contributed by atoms with Crippen molar-refractivity contribution in [1.29, 1.82) is 0 Å². The van der Waals surface area contributed by atoms with Gasteiger partial charge in [-0.1, -0.05) is 6.92 Å². The number of hydrogen-bond donors (Lipinski definition) is 1. The summed E-state index contributed by atoms with van der Waals surface area (Å²) in [7, 11) is 0. The highest BCUT2D eigenvalue weighted by Crippen LogP contribution is 2.20. The second-order valence-electron chi connectivity index (χ2n) is 4.69. The van der Waals surface area contributed by atoms with Gasteiger partial charge in [0.05, 0.1) is 17.7 Å². The second kappa shape index (κ2) is 5.42. The third kappa shape index (κ3) is 2.70. The summed E-state index contributed by atoms with van der Waals surface area (Å²) >= 11 is 1.66. The predicted octanol–water partition coefficient (Wildman–Crippen LogP) is 2.46. The van der Waals surface area contributed by atoms with Gasteiger partial charge in [0.25, 0.3) is 0 Å². The molecule has 0 spiro atoms. The van der Waals surface area contributed by atoms with Gasteiger partial charge in [-0.2, -0.15) is 5.10 Å². The maximum atomic E-state index is 11.2. The Hall–Kier alpha value is -2.21. The molecule has 0 bridgehead atoms. The molecule has 1 unspecified atom stereocenters. The summed E-state index contributed by atoms with van der Waals surface area (Å²) in [5, 5.41) is 6.16. The van der Waals surface area contributed by atoms with Crippen LogP contribution >= 0.6 is 11.3 Å². The number of thiophene rings is 1. The van der Waals surface area contributed by atoms with Crippen LogP contribution in [0.2, 0.25) is 0 Å². The van der Waals surface area contributed by atoms with Crippen LogP contribution < -0.4 is 5.43 Å². The van der Waals surface area contributed by atoms with Crippen molar-refractivity contribution >= 4 is 29.0 Å². The zero-order valence-corrected chi connectivity index (χ0v) is 11.8. The first-order chi connectivity index (χ1) is 9.72. The molecule has 102 valence electrons. The molecule has 2 aromatic heterocycles. The molecule has 6 heteroatoms. The van der Waals surface area contributed by atoms with E-state index in [9.17, 15) is 4.79 Å². The van der Waals surface area contributed by atoms with Crippen molar-refractivity contribution in [1.82, 2.24) is 15.0 Å². The number of rotatable bonds is 3. The quantitative estimate of drug-likeness (QED) is 0.942. The van der Waals surface area contributed by atoms with E-state index in [0.717, 1.165) is 16.3 Å². The minimum atomic E-state index is -0.0202. The number of imidazole rings is 1. The fourth-order valence-electron chi connectivity index (χ4n) is 2.01. The molecule has 3 heterocycles. The molecule has 1 amide bonds. The Morgan fingerprint density at radius 2 is 2.40 bits per heavy atom. The van der Waals surface area contributed by atoms with E-state index in [1.165, 1.54) is 0 Å². The van der Waals surface area contributed by atoms with Crippen LogP contribution in [0, 0.1) is 5.92 Å². The molecule has 20 heavy (non-hydrogen) atoms. The normalized spacial score (nSPS) is 19.1. The van der Waals surface area contributed by atoms with Gasteiger partial charge in [0.15, 0.2) is 0 Å². The summed E-state index contributed by atoms with van der Waals surface area (Å²) in [6.07, 6.45) is 9.93. The van der Waals surface area contributed by atoms with E-state index in [-0.39, 0.29) is 11.8 Å². The highest BCUT2D eigenvalue weighted by molar-refractivity contribution is 7.11. The van der Waals surface area contributed by atoms with Gasteiger partial charge < -0.3 is 4.57 Å². The van der Waals surface area contributed by atoms with Crippen molar-refractivity contribution in [3.05, 3.63) is 41.1 Å². The van der Waals surface area contributed by atoms with Crippen LogP contribution in [-0.4, -0.2) is 21.2 Å². The topological polar surface area (TPSA) is 59.3 Å². The summed E-state index contributed by atoms with van der Waals surface area (Å²) in [5.41, 5.74) is 4.52. The third-order valence-electron chi connectivity index (χ3n) is 3.13. The lowest BCUT2D eigenvalue weighted by Gasteiger charge is -2.15. The average Bonchev–Trinajstić information content (AvgIpc) is 3.08. The maximum Gasteiger partial charge on any atom is 0.240 e. The van der Waals surface area contributed by atoms with Crippen LogP contribution in [0.25, 0.3) is 11.8 Å².